The van der Waals surface area contributed by atoms with Crippen LogP contribution in [0.4, 0.5) is 0 Å². The van der Waals surface area contributed by atoms with Crippen molar-refractivity contribution in [2.24, 2.45) is 0 Å². The molecule has 4 rings (SSSR count). The van der Waals surface area contributed by atoms with Crippen molar-refractivity contribution in [3.8, 4) is 0 Å². The number of fused-ring (bicyclic) bond motifs is 3. The summed E-state index contributed by atoms with van der Waals surface area (Å²) in [5.74, 6) is 0. The zero-order valence-electron chi connectivity index (χ0n) is 15.0. The van der Waals surface area contributed by atoms with Crippen LogP contribution in [0.25, 0.3) is 21.8 Å². The van der Waals surface area contributed by atoms with Crippen LogP contribution in [0.2, 0.25) is 0 Å². The summed E-state index contributed by atoms with van der Waals surface area (Å²) < 4.78 is 2.43. The Balaban J connectivity index is 0.000000815. The topological polar surface area (TPSA) is 4.93 Å². The highest BCUT2D eigenvalue weighted by atomic mass is 15.0. The summed E-state index contributed by atoms with van der Waals surface area (Å²) in [7, 11) is 0. The van der Waals surface area contributed by atoms with Gasteiger partial charge in [0.2, 0.25) is 0 Å². The molecule has 0 N–H and O–H groups in total. The molecule has 0 atom stereocenters. The molecule has 0 saturated heterocycles. The van der Waals surface area contributed by atoms with Gasteiger partial charge >= 0.3 is 0 Å². The van der Waals surface area contributed by atoms with Crippen LogP contribution in [0.1, 0.15) is 30.5 Å². The first-order valence-corrected chi connectivity index (χ1v) is 8.75. The average molecular weight is 315 g/mol. The number of hydrogen-bond donors (Lipinski definition) is 0. The second-order valence-electron chi connectivity index (χ2n) is 6.12. The molecule has 1 heteroatoms. The van der Waals surface area contributed by atoms with Crippen LogP contribution < -0.4 is 0 Å². The van der Waals surface area contributed by atoms with E-state index >= 15 is 0 Å². The Labute approximate surface area is 144 Å². The summed E-state index contributed by atoms with van der Waals surface area (Å²) >= 11 is 0. The average Bonchev–Trinajstić information content (AvgIpc) is 2.91. The fourth-order valence-corrected chi connectivity index (χ4v) is 3.52. The van der Waals surface area contributed by atoms with Crippen molar-refractivity contribution in [1.82, 2.24) is 4.57 Å². The molecule has 3 aromatic carbocycles. The van der Waals surface area contributed by atoms with Crippen molar-refractivity contribution >= 4 is 21.8 Å². The zero-order chi connectivity index (χ0) is 17.1. The van der Waals surface area contributed by atoms with E-state index in [-0.39, 0.29) is 0 Å². The van der Waals surface area contributed by atoms with Crippen molar-refractivity contribution in [3.63, 3.8) is 0 Å². The second-order valence-corrected chi connectivity index (χ2v) is 6.12. The molecule has 1 aromatic heterocycles. The van der Waals surface area contributed by atoms with Gasteiger partial charge in [-0.1, -0.05) is 79.6 Å². The van der Waals surface area contributed by atoms with Crippen molar-refractivity contribution in [1.29, 1.82) is 0 Å². The molecular weight excluding hydrogens is 290 g/mol. The van der Waals surface area contributed by atoms with E-state index in [2.05, 4.69) is 85.1 Å². The monoisotopic (exact) mass is 315 g/mol. The molecular formula is C23H25N. The highest BCUT2D eigenvalue weighted by Crippen LogP contribution is 2.29. The Morgan fingerprint density at radius 2 is 1.12 bits per heavy atom. The van der Waals surface area contributed by atoms with Crippen molar-refractivity contribution in [2.75, 3.05) is 0 Å². The summed E-state index contributed by atoms with van der Waals surface area (Å²) in [5.41, 5.74) is 6.64. The van der Waals surface area contributed by atoms with Crippen LogP contribution in [-0.4, -0.2) is 4.57 Å². The minimum Gasteiger partial charge on any atom is -0.336 e. The van der Waals surface area contributed by atoms with E-state index in [1.54, 1.807) is 0 Å². The molecule has 0 unspecified atom stereocenters. The van der Waals surface area contributed by atoms with Gasteiger partial charge in [0.1, 0.15) is 0 Å². The number of rotatable bonds is 2. The third kappa shape index (κ3) is 2.94. The lowest BCUT2D eigenvalue weighted by Crippen LogP contribution is -2.00. The highest BCUT2D eigenvalue weighted by Gasteiger charge is 2.10. The van der Waals surface area contributed by atoms with Crippen molar-refractivity contribution < 1.29 is 0 Å². The Morgan fingerprint density at radius 1 is 0.667 bits per heavy atom. The number of aromatic nitrogens is 1. The molecule has 0 bridgehead atoms. The lowest BCUT2D eigenvalue weighted by Gasteiger charge is -2.09. The first kappa shape index (κ1) is 16.3. The molecule has 122 valence electrons. The SMILES string of the molecule is CC.Cc1cc(C)cc(Cn2c3ccccc3c3ccccc32)c1. The normalized spacial score (nSPS) is 10.7. The molecule has 0 aliphatic rings. The van der Waals surface area contributed by atoms with Gasteiger partial charge in [-0.05, 0) is 31.5 Å². The van der Waals surface area contributed by atoms with E-state index in [9.17, 15) is 0 Å². The molecule has 1 nitrogen and oxygen atoms in total. The van der Waals surface area contributed by atoms with E-state index in [1.165, 1.54) is 38.5 Å². The van der Waals surface area contributed by atoms with Crippen LogP contribution in [-0.2, 0) is 6.54 Å². The van der Waals surface area contributed by atoms with Crippen molar-refractivity contribution in [2.45, 2.75) is 34.2 Å². The number of nitrogens with zero attached hydrogens (tertiary/aromatic N) is 1. The van der Waals surface area contributed by atoms with Crippen LogP contribution >= 0.6 is 0 Å². The van der Waals surface area contributed by atoms with Gasteiger partial charge in [0.05, 0.1) is 0 Å². The molecule has 0 amide bonds. The second kappa shape index (κ2) is 6.92. The van der Waals surface area contributed by atoms with Gasteiger partial charge in [-0.15, -0.1) is 0 Å². The maximum atomic E-state index is 2.43. The number of aryl methyl sites for hydroxylation is 2. The summed E-state index contributed by atoms with van der Waals surface area (Å²) in [6.45, 7) is 9.25. The van der Waals surface area contributed by atoms with Crippen molar-refractivity contribution in [3.05, 3.63) is 83.4 Å². The summed E-state index contributed by atoms with van der Waals surface area (Å²) in [5, 5.41) is 2.67. The van der Waals surface area contributed by atoms with Gasteiger partial charge in [0, 0.05) is 28.4 Å². The smallest absolute Gasteiger partial charge is 0.0494 e. The Bertz CT molecular complexity index is 902. The van der Waals surface area contributed by atoms with Gasteiger partial charge < -0.3 is 4.57 Å². The molecule has 1 heterocycles. The fraction of sp³-hybridized carbons (Fsp3) is 0.217. The lowest BCUT2D eigenvalue weighted by atomic mass is 10.1. The van der Waals surface area contributed by atoms with Crippen LogP contribution in [0.15, 0.2) is 66.7 Å². The first-order valence-electron chi connectivity index (χ1n) is 8.75. The highest BCUT2D eigenvalue weighted by molar-refractivity contribution is 6.08. The van der Waals surface area contributed by atoms with Crippen LogP contribution in [0, 0.1) is 13.8 Å². The standard InChI is InChI=1S/C21H19N.C2H6/c1-15-11-16(2)13-17(12-15)14-22-20-9-5-3-7-18(20)19-8-4-6-10-21(19)22;1-2/h3-13H,14H2,1-2H3;1-2H3. The van der Waals surface area contributed by atoms with E-state index in [0.717, 1.165) is 6.54 Å². The van der Waals surface area contributed by atoms with E-state index in [0.29, 0.717) is 0 Å². The van der Waals surface area contributed by atoms with Gasteiger partial charge in [0.25, 0.3) is 0 Å². The summed E-state index contributed by atoms with van der Waals surface area (Å²) in [6, 6.07) is 24.2. The summed E-state index contributed by atoms with van der Waals surface area (Å²) in [6.07, 6.45) is 0. The van der Waals surface area contributed by atoms with Gasteiger partial charge in [0.15, 0.2) is 0 Å². The number of benzene rings is 3. The molecule has 0 saturated carbocycles. The van der Waals surface area contributed by atoms with Gasteiger partial charge in [-0.3, -0.25) is 0 Å². The van der Waals surface area contributed by atoms with Crippen LogP contribution in [0.5, 0.6) is 0 Å². The molecule has 0 spiro atoms. The van der Waals surface area contributed by atoms with Gasteiger partial charge in [-0.2, -0.15) is 0 Å². The third-order valence-electron chi connectivity index (χ3n) is 4.30. The summed E-state index contributed by atoms with van der Waals surface area (Å²) in [4.78, 5) is 0. The van der Waals surface area contributed by atoms with E-state index in [1.807, 2.05) is 13.8 Å². The predicted molar refractivity (Wildman–Crippen MR) is 106 cm³/mol. The van der Waals surface area contributed by atoms with E-state index in [4.69, 9.17) is 0 Å². The third-order valence-corrected chi connectivity index (χ3v) is 4.30. The predicted octanol–water partition coefficient (Wildman–Crippen LogP) is 6.49. The Hall–Kier alpha value is -2.54. The number of hydrogen-bond acceptors (Lipinski definition) is 0. The number of para-hydroxylation sites is 2. The van der Waals surface area contributed by atoms with E-state index < -0.39 is 0 Å². The quantitative estimate of drug-likeness (QED) is 0.398. The molecule has 24 heavy (non-hydrogen) atoms. The lowest BCUT2D eigenvalue weighted by molar-refractivity contribution is 0.866. The van der Waals surface area contributed by atoms with Crippen LogP contribution in [0.3, 0.4) is 0 Å². The maximum Gasteiger partial charge on any atom is 0.0494 e. The van der Waals surface area contributed by atoms with Gasteiger partial charge in [-0.25, -0.2) is 0 Å². The molecule has 0 fully saturated rings. The fourth-order valence-electron chi connectivity index (χ4n) is 3.52. The molecule has 0 aliphatic heterocycles. The molecule has 4 aromatic rings. The molecule has 0 radical (unpaired) electrons. The minimum absolute atomic E-state index is 0.913. The molecule has 0 aliphatic carbocycles. The largest absolute Gasteiger partial charge is 0.336 e. The zero-order valence-corrected chi connectivity index (χ0v) is 15.0. The maximum absolute atomic E-state index is 2.43. The first-order chi connectivity index (χ1) is 11.7. The Morgan fingerprint density at radius 3 is 1.62 bits per heavy atom. The Kier molecular flexibility index (Phi) is 4.71. The minimum atomic E-state index is 0.913.